The first-order chi connectivity index (χ1) is 5.84. The lowest BCUT2D eigenvalue weighted by molar-refractivity contribution is -0.109. The van der Waals surface area contributed by atoms with E-state index in [0.717, 1.165) is 19.5 Å². The zero-order valence-corrected chi connectivity index (χ0v) is 6.88. The first kappa shape index (κ1) is 8.83. The summed E-state index contributed by atoms with van der Waals surface area (Å²) in [6, 6.07) is -0.0334. The molecule has 5 nitrogen and oxygen atoms in total. The summed E-state index contributed by atoms with van der Waals surface area (Å²) in [5.41, 5.74) is 0. The molecule has 0 atom stereocenters. The fourth-order valence-corrected chi connectivity index (χ4v) is 1.15. The summed E-state index contributed by atoms with van der Waals surface area (Å²) in [5.74, 6) is 0. The molecule has 0 aromatic heterocycles. The van der Waals surface area contributed by atoms with Crippen molar-refractivity contribution in [3.05, 3.63) is 0 Å². The monoisotopic (exact) mass is 171 g/mol. The van der Waals surface area contributed by atoms with Gasteiger partial charge in [-0.3, -0.25) is 4.79 Å². The van der Waals surface area contributed by atoms with Crippen molar-refractivity contribution in [2.45, 2.75) is 6.42 Å². The minimum atomic E-state index is -0.0334. The van der Waals surface area contributed by atoms with Crippen LogP contribution in [-0.4, -0.2) is 43.5 Å². The number of rotatable bonds is 4. The van der Waals surface area contributed by atoms with Gasteiger partial charge in [-0.15, -0.1) is 0 Å². The van der Waals surface area contributed by atoms with Gasteiger partial charge in [-0.25, -0.2) is 4.79 Å². The topological polar surface area (TPSA) is 61.4 Å². The van der Waals surface area contributed by atoms with E-state index in [-0.39, 0.29) is 6.03 Å². The Morgan fingerprint density at radius 1 is 1.67 bits per heavy atom. The van der Waals surface area contributed by atoms with Crippen LogP contribution in [0, 0.1) is 0 Å². The molecule has 0 aromatic rings. The highest BCUT2D eigenvalue weighted by Crippen LogP contribution is 1.96. The molecule has 0 radical (unpaired) electrons. The van der Waals surface area contributed by atoms with Crippen LogP contribution in [0.4, 0.5) is 4.79 Å². The Morgan fingerprint density at radius 2 is 2.50 bits per heavy atom. The fraction of sp³-hybridized carbons (Fsp3) is 0.714. The van der Waals surface area contributed by atoms with Crippen molar-refractivity contribution in [3.63, 3.8) is 0 Å². The second-order valence-corrected chi connectivity index (χ2v) is 2.64. The zero-order valence-electron chi connectivity index (χ0n) is 6.88. The molecular formula is C7H13N3O2. The summed E-state index contributed by atoms with van der Waals surface area (Å²) in [4.78, 5) is 22.7. The minimum Gasteiger partial charge on any atom is -0.357 e. The van der Waals surface area contributed by atoms with E-state index < -0.39 is 0 Å². The minimum absolute atomic E-state index is 0.0334. The number of amides is 3. The number of nitrogens with zero attached hydrogens (tertiary/aromatic N) is 1. The van der Waals surface area contributed by atoms with Gasteiger partial charge in [-0.05, 0) is 6.42 Å². The molecule has 0 spiro atoms. The van der Waals surface area contributed by atoms with Crippen molar-refractivity contribution >= 4 is 12.4 Å². The second kappa shape index (κ2) is 4.58. The molecule has 1 aliphatic heterocycles. The van der Waals surface area contributed by atoms with Crippen LogP contribution in [0.3, 0.4) is 0 Å². The van der Waals surface area contributed by atoms with Crippen LogP contribution in [0.2, 0.25) is 0 Å². The first-order valence-electron chi connectivity index (χ1n) is 4.04. The van der Waals surface area contributed by atoms with Crippen LogP contribution in [-0.2, 0) is 4.79 Å². The van der Waals surface area contributed by atoms with Crippen molar-refractivity contribution in [2.75, 3.05) is 26.2 Å². The summed E-state index contributed by atoms with van der Waals surface area (Å²) in [5, 5.41) is 5.24. The molecule has 0 unspecified atom stereocenters. The molecule has 0 aliphatic carbocycles. The maximum Gasteiger partial charge on any atom is 0.317 e. The highest BCUT2D eigenvalue weighted by molar-refractivity contribution is 5.74. The molecule has 12 heavy (non-hydrogen) atoms. The molecule has 1 rings (SSSR count). The van der Waals surface area contributed by atoms with Crippen LogP contribution in [0.5, 0.6) is 0 Å². The normalized spacial score (nSPS) is 17.0. The SMILES string of the molecule is O=CNCCN1CCCNC1=O. The molecule has 1 heterocycles. The maximum absolute atomic E-state index is 11.1. The molecule has 1 aliphatic rings. The van der Waals surface area contributed by atoms with Crippen molar-refractivity contribution in [2.24, 2.45) is 0 Å². The van der Waals surface area contributed by atoms with Crippen LogP contribution in [0.1, 0.15) is 6.42 Å². The van der Waals surface area contributed by atoms with Gasteiger partial charge in [0.05, 0.1) is 0 Å². The van der Waals surface area contributed by atoms with Crippen molar-refractivity contribution in [3.8, 4) is 0 Å². The summed E-state index contributed by atoms with van der Waals surface area (Å²) in [6.45, 7) is 2.66. The molecule has 5 heteroatoms. The van der Waals surface area contributed by atoms with Gasteiger partial charge < -0.3 is 15.5 Å². The smallest absolute Gasteiger partial charge is 0.317 e. The number of carbonyl (C=O) groups is 2. The Morgan fingerprint density at radius 3 is 3.17 bits per heavy atom. The van der Waals surface area contributed by atoms with Crippen LogP contribution >= 0.6 is 0 Å². The number of hydrogen-bond donors (Lipinski definition) is 2. The second-order valence-electron chi connectivity index (χ2n) is 2.64. The first-order valence-corrected chi connectivity index (χ1v) is 4.04. The van der Waals surface area contributed by atoms with E-state index in [1.165, 1.54) is 0 Å². The van der Waals surface area contributed by atoms with E-state index in [2.05, 4.69) is 10.6 Å². The lowest BCUT2D eigenvalue weighted by Crippen LogP contribution is -2.48. The van der Waals surface area contributed by atoms with Gasteiger partial charge in [-0.2, -0.15) is 0 Å². The predicted molar refractivity (Wildman–Crippen MR) is 43.7 cm³/mol. The van der Waals surface area contributed by atoms with Gasteiger partial charge >= 0.3 is 6.03 Å². The lowest BCUT2D eigenvalue weighted by atomic mass is 10.3. The third-order valence-corrected chi connectivity index (χ3v) is 1.78. The molecule has 2 N–H and O–H groups in total. The van der Waals surface area contributed by atoms with E-state index in [0.29, 0.717) is 19.5 Å². The number of carbonyl (C=O) groups excluding carboxylic acids is 2. The number of hydrogen-bond acceptors (Lipinski definition) is 2. The summed E-state index contributed by atoms with van der Waals surface area (Å²) < 4.78 is 0. The average Bonchev–Trinajstić information content (AvgIpc) is 2.09. The predicted octanol–water partition coefficient (Wildman–Crippen LogP) is -0.852. The standard InChI is InChI=1S/C7H13N3O2/c11-6-8-3-5-10-4-1-2-9-7(10)12/h6H,1-5H2,(H,8,11)(H,9,12). The van der Waals surface area contributed by atoms with Crippen molar-refractivity contribution < 1.29 is 9.59 Å². The fourth-order valence-electron chi connectivity index (χ4n) is 1.15. The van der Waals surface area contributed by atoms with E-state index in [9.17, 15) is 9.59 Å². The van der Waals surface area contributed by atoms with Gasteiger partial charge in [0.15, 0.2) is 0 Å². The largest absolute Gasteiger partial charge is 0.357 e. The Hall–Kier alpha value is -1.26. The van der Waals surface area contributed by atoms with Crippen LogP contribution in [0.25, 0.3) is 0 Å². The Kier molecular flexibility index (Phi) is 3.37. The third-order valence-electron chi connectivity index (χ3n) is 1.78. The molecule has 1 saturated heterocycles. The molecule has 0 aromatic carbocycles. The van der Waals surface area contributed by atoms with Gasteiger partial charge in [0.25, 0.3) is 0 Å². The van der Waals surface area contributed by atoms with E-state index in [4.69, 9.17) is 0 Å². The molecule has 1 fully saturated rings. The lowest BCUT2D eigenvalue weighted by Gasteiger charge is -2.27. The molecule has 68 valence electrons. The number of urea groups is 1. The Balaban J connectivity index is 2.20. The highest BCUT2D eigenvalue weighted by atomic mass is 16.2. The molecule has 0 bridgehead atoms. The van der Waals surface area contributed by atoms with E-state index >= 15 is 0 Å². The van der Waals surface area contributed by atoms with Gasteiger partial charge in [0, 0.05) is 26.2 Å². The Bertz CT molecular complexity index is 172. The molecule has 0 saturated carbocycles. The van der Waals surface area contributed by atoms with E-state index in [1.807, 2.05) is 0 Å². The maximum atomic E-state index is 11.1. The van der Waals surface area contributed by atoms with Crippen LogP contribution in [0.15, 0.2) is 0 Å². The van der Waals surface area contributed by atoms with Gasteiger partial charge in [0.1, 0.15) is 0 Å². The van der Waals surface area contributed by atoms with Crippen LogP contribution < -0.4 is 10.6 Å². The average molecular weight is 171 g/mol. The highest BCUT2D eigenvalue weighted by Gasteiger charge is 2.15. The van der Waals surface area contributed by atoms with E-state index in [1.54, 1.807) is 4.90 Å². The Labute approximate surface area is 71.1 Å². The number of nitrogens with one attached hydrogen (secondary N) is 2. The molecule has 3 amide bonds. The summed E-state index contributed by atoms with van der Waals surface area (Å²) in [6.07, 6.45) is 1.62. The quantitative estimate of drug-likeness (QED) is 0.427. The summed E-state index contributed by atoms with van der Waals surface area (Å²) in [7, 11) is 0. The zero-order chi connectivity index (χ0) is 8.81. The van der Waals surface area contributed by atoms with Crippen molar-refractivity contribution in [1.82, 2.24) is 15.5 Å². The van der Waals surface area contributed by atoms with Gasteiger partial charge in [0.2, 0.25) is 6.41 Å². The summed E-state index contributed by atoms with van der Waals surface area (Å²) >= 11 is 0. The molecular weight excluding hydrogens is 158 g/mol. The third kappa shape index (κ3) is 2.41. The van der Waals surface area contributed by atoms with Crippen molar-refractivity contribution in [1.29, 1.82) is 0 Å². The van der Waals surface area contributed by atoms with Gasteiger partial charge in [-0.1, -0.05) is 0 Å².